The number of likely N-dealkylation sites (N-methyl/N-ethyl adjacent to an activating group) is 1. The van der Waals surface area contributed by atoms with Crippen LogP contribution in [-0.2, 0) is 24.2 Å². The smallest absolute Gasteiger partial charge is 0.307 e. The summed E-state index contributed by atoms with van der Waals surface area (Å²) < 4.78 is 0. The minimum absolute atomic E-state index is 0.0241. The first kappa shape index (κ1) is 14.3. The number of aromatic nitrogens is 1. The van der Waals surface area contributed by atoms with Crippen LogP contribution in [0.4, 0.5) is 0 Å². The van der Waals surface area contributed by atoms with Crippen molar-refractivity contribution in [1.29, 1.82) is 0 Å². The number of hydrogen-bond donors (Lipinski definition) is 1. The molecular weight excluding hydrogens is 288 g/mol. The van der Waals surface area contributed by atoms with Crippen LogP contribution in [0.1, 0.15) is 22.4 Å². The molecule has 0 saturated heterocycles. The number of nitrogens with zero attached hydrogens (tertiary/aromatic N) is 2. The van der Waals surface area contributed by atoms with Gasteiger partial charge in [-0.15, -0.1) is 0 Å². The Morgan fingerprint density at radius 2 is 2.24 bits per heavy atom. The number of pyridine rings is 1. The fraction of sp³-hybridized carbons (Fsp3) is 0.375. The Hall–Kier alpha value is -1.65. The molecule has 0 unspecified atom stereocenters. The molecule has 1 aromatic heterocycles. The van der Waals surface area contributed by atoms with Crippen molar-refractivity contribution in [2.75, 3.05) is 13.6 Å². The zero-order valence-corrected chi connectivity index (χ0v) is 12.9. The zero-order valence-electron chi connectivity index (χ0n) is 12.1. The van der Waals surface area contributed by atoms with Crippen LogP contribution in [0.5, 0.6) is 0 Å². The summed E-state index contributed by atoms with van der Waals surface area (Å²) in [6.07, 6.45) is 0.872. The van der Waals surface area contributed by atoms with E-state index in [1.54, 1.807) is 0 Å². The van der Waals surface area contributed by atoms with Crippen molar-refractivity contribution < 1.29 is 9.90 Å². The summed E-state index contributed by atoms with van der Waals surface area (Å²) in [5.41, 5.74) is 4.72. The van der Waals surface area contributed by atoms with Gasteiger partial charge in [-0.3, -0.25) is 9.78 Å². The monoisotopic (exact) mass is 304 g/mol. The normalized spacial score (nSPS) is 15.2. The summed E-state index contributed by atoms with van der Waals surface area (Å²) in [6.45, 7) is 3.63. The predicted octanol–water partition coefficient (Wildman–Crippen LogP) is 2.81. The Balaban J connectivity index is 2.33. The summed E-state index contributed by atoms with van der Waals surface area (Å²) >= 11 is 6.19. The van der Waals surface area contributed by atoms with Crippen molar-refractivity contribution in [2.24, 2.45) is 0 Å². The van der Waals surface area contributed by atoms with Crippen molar-refractivity contribution in [3.63, 3.8) is 0 Å². The molecule has 0 fully saturated rings. The van der Waals surface area contributed by atoms with Crippen LogP contribution in [0.25, 0.3) is 10.9 Å². The van der Waals surface area contributed by atoms with Gasteiger partial charge in [0, 0.05) is 35.6 Å². The quantitative estimate of drug-likeness (QED) is 0.927. The zero-order chi connectivity index (χ0) is 15.1. The molecule has 0 spiro atoms. The molecular formula is C16H17ClN2O2. The van der Waals surface area contributed by atoms with E-state index in [0.717, 1.165) is 52.8 Å². The number of carboxylic acid groups (broad SMARTS) is 1. The number of carbonyl (C=O) groups is 1. The van der Waals surface area contributed by atoms with Gasteiger partial charge in [0.1, 0.15) is 0 Å². The molecule has 0 bridgehead atoms. The second-order valence-corrected chi connectivity index (χ2v) is 6.05. The summed E-state index contributed by atoms with van der Waals surface area (Å²) in [7, 11) is 2.05. The lowest BCUT2D eigenvalue weighted by Crippen LogP contribution is -2.29. The van der Waals surface area contributed by atoms with Gasteiger partial charge in [0.2, 0.25) is 0 Å². The topological polar surface area (TPSA) is 53.4 Å². The highest BCUT2D eigenvalue weighted by molar-refractivity contribution is 6.32. The maximum absolute atomic E-state index is 11.3. The van der Waals surface area contributed by atoms with Crippen molar-refractivity contribution in [2.45, 2.75) is 26.3 Å². The number of rotatable bonds is 2. The van der Waals surface area contributed by atoms with Crippen LogP contribution in [0.15, 0.2) is 12.1 Å². The van der Waals surface area contributed by atoms with E-state index in [1.165, 1.54) is 0 Å². The van der Waals surface area contributed by atoms with Crippen LogP contribution >= 0.6 is 11.6 Å². The van der Waals surface area contributed by atoms with Crippen LogP contribution in [0.3, 0.4) is 0 Å². The molecule has 4 nitrogen and oxygen atoms in total. The third-order valence-corrected chi connectivity index (χ3v) is 4.55. The van der Waals surface area contributed by atoms with E-state index in [9.17, 15) is 9.90 Å². The second-order valence-electron chi connectivity index (χ2n) is 5.64. The Labute approximate surface area is 128 Å². The van der Waals surface area contributed by atoms with Crippen LogP contribution in [0.2, 0.25) is 5.02 Å². The Kier molecular flexibility index (Phi) is 3.59. The second kappa shape index (κ2) is 5.28. The molecule has 2 aromatic rings. The van der Waals surface area contributed by atoms with Crippen molar-refractivity contribution in [3.05, 3.63) is 39.5 Å². The molecule has 0 radical (unpaired) electrons. The van der Waals surface area contributed by atoms with Gasteiger partial charge >= 0.3 is 5.97 Å². The average Bonchev–Trinajstić information content (AvgIpc) is 2.43. The SMILES string of the molecule is Cc1c(Cl)ccc2c(CC(=O)O)c3c(nc12)CCN(C)C3. The summed E-state index contributed by atoms with van der Waals surface area (Å²) in [5.74, 6) is -0.814. The highest BCUT2D eigenvalue weighted by Crippen LogP contribution is 2.32. The highest BCUT2D eigenvalue weighted by Gasteiger charge is 2.22. The molecule has 0 atom stereocenters. The molecule has 0 saturated carbocycles. The molecule has 110 valence electrons. The van der Waals surface area contributed by atoms with Gasteiger partial charge in [-0.25, -0.2) is 0 Å². The molecule has 1 aliphatic rings. The first-order valence-electron chi connectivity index (χ1n) is 6.97. The van der Waals surface area contributed by atoms with E-state index in [0.29, 0.717) is 5.02 Å². The lowest BCUT2D eigenvalue weighted by Gasteiger charge is -2.27. The minimum Gasteiger partial charge on any atom is -0.481 e. The van der Waals surface area contributed by atoms with Crippen molar-refractivity contribution in [3.8, 4) is 0 Å². The fourth-order valence-electron chi connectivity index (χ4n) is 2.99. The van der Waals surface area contributed by atoms with Crippen molar-refractivity contribution in [1.82, 2.24) is 9.88 Å². The molecule has 0 amide bonds. The Morgan fingerprint density at radius 3 is 2.95 bits per heavy atom. The lowest BCUT2D eigenvalue weighted by molar-refractivity contribution is -0.136. The third-order valence-electron chi connectivity index (χ3n) is 4.14. The number of benzene rings is 1. The molecule has 1 aromatic carbocycles. The number of carboxylic acids is 1. The minimum atomic E-state index is -0.814. The number of aryl methyl sites for hydroxylation is 1. The molecule has 1 N–H and O–H groups in total. The van der Waals surface area contributed by atoms with Gasteiger partial charge in [0.15, 0.2) is 0 Å². The average molecular weight is 305 g/mol. The fourth-order valence-corrected chi connectivity index (χ4v) is 3.15. The molecule has 5 heteroatoms. The van der Waals surface area contributed by atoms with Crippen LogP contribution < -0.4 is 0 Å². The van der Waals surface area contributed by atoms with E-state index in [1.807, 2.05) is 26.1 Å². The van der Waals surface area contributed by atoms with E-state index < -0.39 is 5.97 Å². The number of fused-ring (bicyclic) bond motifs is 2. The summed E-state index contributed by atoms with van der Waals surface area (Å²) in [6, 6.07) is 3.72. The molecule has 0 aliphatic carbocycles. The van der Waals surface area contributed by atoms with Crippen LogP contribution in [0, 0.1) is 6.92 Å². The molecule has 21 heavy (non-hydrogen) atoms. The maximum atomic E-state index is 11.3. The third kappa shape index (κ3) is 2.49. The van der Waals surface area contributed by atoms with Crippen LogP contribution in [-0.4, -0.2) is 34.6 Å². The number of aliphatic carboxylic acids is 1. The summed E-state index contributed by atoms with van der Waals surface area (Å²) in [4.78, 5) is 18.2. The molecule has 2 heterocycles. The number of hydrogen-bond acceptors (Lipinski definition) is 3. The molecule has 3 rings (SSSR count). The van der Waals surface area contributed by atoms with E-state index in [-0.39, 0.29) is 6.42 Å². The lowest BCUT2D eigenvalue weighted by atomic mass is 9.93. The maximum Gasteiger partial charge on any atom is 0.307 e. The highest BCUT2D eigenvalue weighted by atomic mass is 35.5. The van der Waals surface area contributed by atoms with E-state index in [2.05, 4.69) is 4.90 Å². The first-order chi connectivity index (χ1) is 9.97. The Bertz CT molecular complexity index is 743. The summed E-state index contributed by atoms with van der Waals surface area (Å²) in [5, 5.41) is 10.8. The van der Waals surface area contributed by atoms with E-state index >= 15 is 0 Å². The van der Waals surface area contributed by atoms with Gasteiger partial charge < -0.3 is 10.0 Å². The Morgan fingerprint density at radius 1 is 1.48 bits per heavy atom. The number of halogens is 1. The largest absolute Gasteiger partial charge is 0.481 e. The van der Waals surface area contributed by atoms with Gasteiger partial charge in [0.25, 0.3) is 0 Å². The van der Waals surface area contributed by atoms with Crippen molar-refractivity contribution >= 4 is 28.5 Å². The van der Waals surface area contributed by atoms with Gasteiger partial charge in [0.05, 0.1) is 11.9 Å². The molecule has 1 aliphatic heterocycles. The van der Waals surface area contributed by atoms with Gasteiger partial charge in [-0.2, -0.15) is 0 Å². The standard InChI is InChI=1S/C16H17ClN2O2/c1-9-13(17)4-3-10-11(7-15(20)21)12-8-19(2)6-5-14(12)18-16(9)10/h3-4H,5-8H2,1-2H3,(H,20,21). The van der Waals surface area contributed by atoms with Gasteiger partial charge in [-0.1, -0.05) is 17.7 Å². The van der Waals surface area contributed by atoms with E-state index in [4.69, 9.17) is 16.6 Å². The predicted molar refractivity (Wildman–Crippen MR) is 82.9 cm³/mol. The van der Waals surface area contributed by atoms with Gasteiger partial charge in [-0.05, 0) is 36.7 Å². The first-order valence-corrected chi connectivity index (χ1v) is 7.35.